The minimum Gasteiger partial charge on any atom is -0.489 e. The number of fused-ring (bicyclic) bond motifs is 1. The van der Waals surface area contributed by atoms with Crippen LogP contribution < -0.4 is 19.8 Å². The summed E-state index contributed by atoms with van der Waals surface area (Å²) in [5.41, 5.74) is 2.29. The Morgan fingerprint density at radius 3 is 2.40 bits per heavy atom. The summed E-state index contributed by atoms with van der Waals surface area (Å²) in [5, 5.41) is 0.655. The predicted molar refractivity (Wildman–Crippen MR) is 116 cm³/mol. The maximum absolute atomic E-state index is 12.9. The number of hydrogen-bond donors (Lipinski definition) is 0. The minimum absolute atomic E-state index is 0.113. The topological polar surface area (TPSA) is 66.8 Å². The Hall–Kier alpha value is -3.54. The Morgan fingerprint density at radius 2 is 1.73 bits per heavy atom. The molecule has 1 heterocycles. The van der Waals surface area contributed by atoms with Crippen molar-refractivity contribution < 1.29 is 19.0 Å². The zero-order chi connectivity index (χ0) is 21.7. The first-order valence-corrected chi connectivity index (χ1v) is 9.65. The number of carbonyl (C=O) groups excluding carboxylic acids is 1. The summed E-state index contributed by atoms with van der Waals surface area (Å²) in [4.78, 5) is 24.4. The van der Waals surface area contributed by atoms with Crippen LogP contribution in [0.2, 0.25) is 0 Å². The van der Waals surface area contributed by atoms with Crippen molar-refractivity contribution in [1.29, 1.82) is 0 Å². The van der Waals surface area contributed by atoms with Crippen molar-refractivity contribution in [2.75, 3.05) is 6.61 Å². The maximum Gasteiger partial charge on any atom is 0.308 e. The van der Waals surface area contributed by atoms with Gasteiger partial charge in [0.1, 0.15) is 19.0 Å². The van der Waals surface area contributed by atoms with Crippen LogP contribution in [0, 0.1) is 0 Å². The Morgan fingerprint density at radius 1 is 1.00 bits per heavy atom. The molecular weight excluding hydrogens is 382 g/mol. The van der Waals surface area contributed by atoms with Gasteiger partial charge >= 0.3 is 5.97 Å². The second-order valence-corrected chi connectivity index (χ2v) is 7.16. The Bertz CT molecular complexity index is 1140. The van der Waals surface area contributed by atoms with Gasteiger partial charge in [0.2, 0.25) is 5.75 Å². The van der Waals surface area contributed by atoms with Crippen molar-refractivity contribution in [2.45, 2.75) is 27.4 Å². The van der Waals surface area contributed by atoms with Gasteiger partial charge < -0.3 is 18.8 Å². The number of nitrogens with zero attached hydrogens (tertiary/aromatic N) is 1. The molecule has 0 saturated carbocycles. The lowest BCUT2D eigenvalue weighted by Crippen LogP contribution is -2.22. The number of rotatable bonds is 7. The molecule has 0 fully saturated rings. The average molecular weight is 407 g/mol. The van der Waals surface area contributed by atoms with Crippen LogP contribution in [-0.2, 0) is 18.4 Å². The SMILES string of the molecule is CC(=O)Oc1c(OCC=C(C)C)c2ccc(OCc3ccccc3)cc2n(C)c1=O. The molecule has 0 unspecified atom stereocenters. The Kier molecular flexibility index (Phi) is 6.57. The predicted octanol–water partition coefficient (Wildman–Crippen LogP) is 4.39. The molecule has 0 radical (unpaired) electrons. The molecular formula is C24H25NO5. The van der Waals surface area contributed by atoms with Gasteiger partial charge in [-0.3, -0.25) is 9.59 Å². The van der Waals surface area contributed by atoms with E-state index < -0.39 is 11.5 Å². The number of carbonyl (C=O) groups is 1. The number of pyridine rings is 1. The average Bonchev–Trinajstić information content (AvgIpc) is 2.72. The zero-order valence-electron chi connectivity index (χ0n) is 17.6. The van der Waals surface area contributed by atoms with Gasteiger partial charge in [0.25, 0.3) is 5.56 Å². The van der Waals surface area contributed by atoms with Gasteiger partial charge in [0, 0.05) is 25.4 Å². The van der Waals surface area contributed by atoms with Crippen LogP contribution in [0.15, 0.2) is 65.0 Å². The summed E-state index contributed by atoms with van der Waals surface area (Å²) in [7, 11) is 1.62. The summed E-state index contributed by atoms with van der Waals surface area (Å²) in [5.74, 6) is 0.172. The first kappa shape index (κ1) is 21.2. The van der Waals surface area contributed by atoms with Crippen LogP contribution in [0.1, 0.15) is 26.3 Å². The van der Waals surface area contributed by atoms with E-state index in [0.717, 1.165) is 11.1 Å². The highest BCUT2D eigenvalue weighted by Gasteiger charge is 2.20. The summed E-state index contributed by atoms with van der Waals surface area (Å²) < 4.78 is 18.4. The fourth-order valence-electron chi connectivity index (χ4n) is 2.96. The van der Waals surface area contributed by atoms with Crippen molar-refractivity contribution in [3.63, 3.8) is 0 Å². The number of ether oxygens (including phenoxy) is 3. The molecule has 0 aliphatic carbocycles. The molecule has 0 N–H and O–H groups in total. The van der Waals surface area contributed by atoms with E-state index in [2.05, 4.69) is 0 Å². The molecule has 1 aromatic heterocycles. The number of aromatic nitrogens is 1. The van der Waals surface area contributed by atoms with Crippen molar-refractivity contribution in [3.05, 3.63) is 76.1 Å². The molecule has 0 saturated heterocycles. The van der Waals surface area contributed by atoms with Crippen LogP contribution in [0.3, 0.4) is 0 Å². The van der Waals surface area contributed by atoms with Crippen molar-refractivity contribution in [1.82, 2.24) is 4.57 Å². The largest absolute Gasteiger partial charge is 0.489 e. The fraction of sp³-hybridized carbons (Fsp3) is 0.250. The van der Waals surface area contributed by atoms with Crippen molar-refractivity contribution >= 4 is 16.9 Å². The van der Waals surface area contributed by atoms with Gasteiger partial charge in [0.15, 0.2) is 5.75 Å². The number of allylic oxidation sites excluding steroid dienone is 1. The van der Waals surface area contributed by atoms with E-state index in [0.29, 0.717) is 23.3 Å². The number of aryl methyl sites for hydroxylation is 1. The highest BCUT2D eigenvalue weighted by Crippen LogP contribution is 2.34. The van der Waals surface area contributed by atoms with E-state index in [1.807, 2.05) is 50.3 Å². The maximum atomic E-state index is 12.9. The van der Waals surface area contributed by atoms with Crippen LogP contribution >= 0.6 is 0 Å². The van der Waals surface area contributed by atoms with Crippen LogP contribution in [0.4, 0.5) is 0 Å². The molecule has 0 bridgehead atoms. The number of benzene rings is 2. The third-order valence-electron chi connectivity index (χ3n) is 4.49. The first-order valence-electron chi connectivity index (χ1n) is 9.65. The summed E-state index contributed by atoms with van der Waals surface area (Å²) in [6, 6.07) is 15.2. The number of hydrogen-bond acceptors (Lipinski definition) is 5. The van der Waals surface area contributed by atoms with Gasteiger partial charge in [-0.1, -0.05) is 35.9 Å². The molecule has 0 atom stereocenters. The molecule has 0 amide bonds. The van der Waals surface area contributed by atoms with E-state index in [4.69, 9.17) is 14.2 Å². The van der Waals surface area contributed by atoms with E-state index in [-0.39, 0.29) is 18.1 Å². The normalized spacial score (nSPS) is 10.5. The number of esters is 1. The molecule has 0 aliphatic heterocycles. The highest BCUT2D eigenvalue weighted by atomic mass is 16.6. The Balaban J connectivity index is 2.03. The van der Waals surface area contributed by atoms with E-state index in [9.17, 15) is 9.59 Å². The standard InChI is InChI=1S/C24H25NO5/c1-16(2)12-13-28-22-20-11-10-19(29-15-18-8-6-5-7-9-18)14-21(20)25(4)24(27)23(22)30-17(3)26/h5-12,14H,13,15H2,1-4H3. The molecule has 3 aromatic rings. The molecule has 6 nitrogen and oxygen atoms in total. The third kappa shape index (κ3) is 4.89. The smallest absolute Gasteiger partial charge is 0.308 e. The second-order valence-electron chi connectivity index (χ2n) is 7.16. The molecule has 30 heavy (non-hydrogen) atoms. The first-order chi connectivity index (χ1) is 14.4. The van der Waals surface area contributed by atoms with Gasteiger partial charge in [-0.2, -0.15) is 0 Å². The fourth-order valence-corrected chi connectivity index (χ4v) is 2.96. The molecule has 6 heteroatoms. The van der Waals surface area contributed by atoms with E-state index in [1.54, 1.807) is 25.2 Å². The molecule has 156 valence electrons. The quantitative estimate of drug-likeness (QED) is 0.429. The molecule has 2 aromatic carbocycles. The van der Waals surface area contributed by atoms with Crippen LogP contribution in [0.5, 0.6) is 17.2 Å². The minimum atomic E-state index is -0.582. The molecule has 0 aliphatic rings. The third-order valence-corrected chi connectivity index (χ3v) is 4.49. The van der Waals surface area contributed by atoms with Crippen molar-refractivity contribution in [3.8, 4) is 17.2 Å². The van der Waals surface area contributed by atoms with Gasteiger partial charge in [-0.25, -0.2) is 0 Å². The van der Waals surface area contributed by atoms with Crippen molar-refractivity contribution in [2.24, 2.45) is 7.05 Å². The lowest BCUT2D eigenvalue weighted by atomic mass is 10.1. The van der Waals surface area contributed by atoms with E-state index in [1.165, 1.54) is 11.5 Å². The lowest BCUT2D eigenvalue weighted by Gasteiger charge is -2.16. The molecule has 0 spiro atoms. The highest BCUT2D eigenvalue weighted by molar-refractivity contribution is 5.90. The van der Waals surface area contributed by atoms with Gasteiger partial charge in [-0.05, 0) is 37.6 Å². The Labute approximate surface area is 175 Å². The second kappa shape index (κ2) is 9.31. The van der Waals surface area contributed by atoms with E-state index >= 15 is 0 Å². The van der Waals surface area contributed by atoms with Crippen LogP contribution in [-0.4, -0.2) is 17.1 Å². The lowest BCUT2D eigenvalue weighted by molar-refractivity contribution is -0.132. The summed E-state index contributed by atoms with van der Waals surface area (Å²) >= 11 is 0. The molecule has 3 rings (SSSR count). The van der Waals surface area contributed by atoms with Crippen LogP contribution in [0.25, 0.3) is 10.9 Å². The summed E-state index contributed by atoms with van der Waals surface area (Å²) in [6.07, 6.45) is 1.89. The van der Waals surface area contributed by atoms with Gasteiger partial charge in [0.05, 0.1) is 5.52 Å². The zero-order valence-corrected chi connectivity index (χ0v) is 17.6. The van der Waals surface area contributed by atoms with Gasteiger partial charge in [-0.15, -0.1) is 0 Å². The monoisotopic (exact) mass is 407 g/mol. The summed E-state index contributed by atoms with van der Waals surface area (Å²) in [6.45, 7) is 5.83.